The van der Waals surface area contributed by atoms with Crippen LogP contribution in [0.4, 0.5) is 5.69 Å². The number of carbonyl (C=O) groups is 1. The summed E-state index contributed by atoms with van der Waals surface area (Å²) in [6.45, 7) is 0.945. The van der Waals surface area contributed by atoms with Crippen LogP contribution in [-0.4, -0.2) is 22.6 Å². The van der Waals surface area contributed by atoms with E-state index in [9.17, 15) is 15.0 Å². The highest BCUT2D eigenvalue weighted by molar-refractivity contribution is 7.18. The fourth-order valence-corrected chi connectivity index (χ4v) is 5.67. The molecule has 2 aliphatic rings. The molecule has 0 spiro atoms. The van der Waals surface area contributed by atoms with Crippen LogP contribution in [0.25, 0.3) is 16.3 Å². The normalized spacial score (nSPS) is 17.1. The second-order valence-corrected chi connectivity index (χ2v) is 9.62. The first-order chi connectivity index (χ1) is 17.6. The van der Waals surface area contributed by atoms with Gasteiger partial charge in [-0.1, -0.05) is 65.9 Å². The number of para-hydroxylation sites is 3. The lowest BCUT2D eigenvalue weighted by Gasteiger charge is -2.22. The lowest BCUT2D eigenvalue weighted by Crippen LogP contribution is -2.37. The topological polar surface area (TPSA) is 73.9 Å². The molecule has 0 atom stereocenters. The molecule has 0 unspecified atom stereocenters. The van der Waals surface area contributed by atoms with Crippen LogP contribution in [0.3, 0.4) is 0 Å². The molecule has 6 rings (SSSR count). The van der Waals surface area contributed by atoms with E-state index in [-0.39, 0.29) is 29.3 Å². The molecule has 2 N–H and O–H groups in total. The molecule has 0 saturated carbocycles. The number of fused-ring (bicyclic) bond motifs is 2. The number of hydrogen-bond donors (Lipinski definition) is 2. The second-order valence-electron chi connectivity index (χ2n) is 8.56. The van der Waals surface area contributed by atoms with Gasteiger partial charge in [-0.05, 0) is 23.8 Å². The Morgan fingerprint density at radius 2 is 1.69 bits per heavy atom. The average Bonchev–Trinajstić information content (AvgIpc) is 3.44. The van der Waals surface area contributed by atoms with Crippen molar-refractivity contribution in [3.63, 3.8) is 0 Å². The van der Waals surface area contributed by atoms with Gasteiger partial charge >= 0.3 is 0 Å². The Labute approximate surface area is 211 Å². The predicted octanol–water partition coefficient (Wildman–Crippen LogP) is 4.90. The number of ether oxygens (including phenoxy) is 1. The van der Waals surface area contributed by atoms with Crippen LogP contribution in [0.15, 0.2) is 108 Å². The molecule has 6 nitrogen and oxygen atoms in total. The zero-order valence-electron chi connectivity index (χ0n) is 19.3. The smallest absolute Gasteiger partial charge is 0.263 e. The summed E-state index contributed by atoms with van der Waals surface area (Å²) in [5, 5.41) is 21.2. The number of hydrogen-bond acceptors (Lipinski definition) is 6. The number of carbonyl (C=O) groups excluding carboxylic acids is 1. The van der Waals surface area contributed by atoms with Crippen LogP contribution in [0.5, 0.6) is 5.75 Å². The summed E-state index contributed by atoms with van der Waals surface area (Å²) in [6.07, 6.45) is 3.32. The van der Waals surface area contributed by atoms with Crippen molar-refractivity contribution in [3.05, 3.63) is 118 Å². The number of rotatable bonds is 6. The Balaban J connectivity index is 1.36. The summed E-state index contributed by atoms with van der Waals surface area (Å²) in [5.74, 6) is 0.899. The summed E-state index contributed by atoms with van der Waals surface area (Å²) in [5.41, 5.74) is 3.46. The number of benzene rings is 3. The molecule has 2 heterocycles. The van der Waals surface area contributed by atoms with Gasteiger partial charge in [0.25, 0.3) is 5.01 Å². The minimum atomic E-state index is -0.243. The number of thiazole rings is 1. The summed E-state index contributed by atoms with van der Waals surface area (Å²) in [6, 6.07) is 25.6. The fourth-order valence-electron chi connectivity index (χ4n) is 4.54. The Bertz CT molecular complexity index is 1580. The fraction of sp³-hybridized carbons (Fsp3) is 0.103. The number of anilines is 1. The molecule has 0 bridgehead atoms. The summed E-state index contributed by atoms with van der Waals surface area (Å²) in [7, 11) is 0. The molecule has 7 heteroatoms. The number of aliphatic hydroxyl groups is 2. The first-order valence-electron chi connectivity index (χ1n) is 11.7. The minimum Gasteiger partial charge on any atom is -0.506 e. The molecule has 1 aliphatic heterocycles. The molecule has 4 aromatic rings. The average molecular weight is 496 g/mol. The molecule has 1 aliphatic carbocycles. The van der Waals surface area contributed by atoms with Gasteiger partial charge in [-0.15, -0.1) is 0 Å². The van der Waals surface area contributed by atoms with Gasteiger partial charge in [0, 0.05) is 18.2 Å². The first-order valence-corrected chi connectivity index (χ1v) is 12.5. The van der Waals surface area contributed by atoms with Crippen molar-refractivity contribution in [2.45, 2.75) is 13.1 Å². The van der Waals surface area contributed by atoms with Crippen LogP contribution in [0.2, 0.25) is 0 Å². The molecular weight excluding hydrogens is 472 g/mol. The molecule has 0 saturated heterocycles. The third-order valence-corrected chi connectivity index (χ3v) is 7.43. The maximum atomic E-state index is 13.1. The van der Waals surface area contributed by atoms with E-state index in [4.69, 9.17) is 4.74 Å². The third kappa shape index (κ3) is 3.79. The van der Waals surface area contributed by atoms with E-state index in [2.05, 4.69) is 0 Å². The number of Topliss-reactive ketones (excluding diaryl/α,β-unsaturated/α-hetero) is 1. The van der Waals surface area contributed by atoms with E-state index in [0.717, 1.165) is 26.5 Å². The monoisotopic (exact) mass is 495 g/mol. The van der Waals surface area contributed by atoms with Crippen molar-refractivity contribution in [2.75, 3.05) is 11.5 Å². The van der Waals surface area contributed by atoms with E-state index < -0.39 is 0 Å². The third-order valence-electron chi connectivity index (χ3n) is 6.32. The standard InChI is InChI=1S/C29H22N2O4S/c32-15-14-30-23-11-5-7-13-25(23)36-27(30)17-21-28(33)20(29(21)34)16-26-31(18-19-8-2-1-3-9-19)22-10-4-6-12-24(22)35-26/h1-13,16-17,32H,14-15,18H2/p+1. The van der Waals surface area contributed by atoms with Crippen molar-refractivity contribution in [1.82, 2.24) is 0 Å². The number of aliphatic hydroxyl groups excluding tert-OH is 2. The number of nitrogens with zero attached hydrogens (tertiary/aromatic N) is 2. The van der Waals surface area contributed by atoms with Gasteiger partial charge in [-0.3, -0.25) is 4.79 Å². The van der Waals surface area contributed by atoms with Crippen LogP contribution >= 0.6 is 11.3 Å². The van der Waals surface area contributed by atoms with E-state index in [1.165, 1.54) is 11.3 Å². The van der Waals surface area contributed by atoms with Crippen molar-refractivity contribution in [2.24, 2.45) is 0 Å². The van der Waals surface area contributed by atoms with Gasteiger partial charge in [0.2, 0.25) is 17.2 Å². The zero-order valence-corrected chi connectivity index (χ0v) is 20.1. The molecule has 0 amide bonds. The van der Waals surface area contributed by atoms with E-state index in [0.29, 0.717) is 24.7 Å². The van der Waals surface area contributed by atoms with Gasteiger partial charge in [-0.2, -0.15) is 4.57 Å². The SMILES string of the molecule is O=C1C(=Cc2sc3ccccc3[n+]2CCO)C(O)=C1C=C1Oc2ccccc2N1Cc1ccccc1. The van der Waals surface area contributed by atoms with Crippen molar-refractivity contribution >= 4 is 39.1 Å². The lowest BCUT2D eigenvalue weighted by atomic mass is 9.87. The van der Waals surface area contributed by atoms with Crippen molar-refractivity contribution < 1.29 is 24.3 Å². The summed E-state index contributed by atoms with van der Waals surface area (Å²) >= 11 is 1.51. The second kappa shape index (κ2) is 9.11. The maximum Gasteiger partial charge on any atom is 0.263 e. The highest BCUT2D eigenvalue weighted by Crippen LogP contribution is 2.41. The van der Waals surface area contributed by atoms with Gasteiger partial charge in [0.15, 0.2) is 12.3 Å². The summed E-state index contributed by atoms with van der Waals surface area (Å²) in [4.78, 5) is 15.1. The quantitative estimate of drug-likeness (QED) is 0.294. The molecule has 0 radical (unpaired) electrons. The Kier molecular flexibility index (Phi) is 5.64. The Morgan fingerprint density at radius 3 is 2.50 bits per heavy atom. The lowest BCUT2D eigenvalue weighted by molar-refractivity contribution is -0.670. The number of ketones is 1. The molecular formula is C29H23N2O4S+. The molecule has 36 heavy (non-hydrogen) atoms. The molecule has 3 aromatic carbocycles. The highest BCUT2D eigenvalue weighted by atomic mass is 32.1. The van der Waals surface area contributed by atoms with Gasteiger partial charge in [0.1, 0.15) is 17.1 Å². The highest BCUT2D eigenvalue weighted by Gasteiger charge is 2.36. The predicted molar refractivity (Wildman–Crippen MR) is 140 cm³/mol. The first kappa shape index (κ1) is 22.3. The van der Waals surface area contributed by atoms with Gasteiger partial charge in [-0.25, -0.2) is 0 Å². The van der Waals surface area contributed by atoms with Gasteiger partial charge in [0.05, 0.1) is 23.4 Å². The van der Waals surface area contributed by atoms with E-state index in [1.54, 1.807) is 12.2 Å². The van der Waals surface area contributed by atoms with Gasteiger partial charge < -0.3 is 19.8 Å². The van der Waals surface area contributed by atoms with E-state index >= 15 is 0 Å². The minimum absolute atomic E-state index is 0.0240. The van der Waals surface area contributed by atoms with Crippen molar-refractivity contribution in [3.8, 4) is 5.75 Å². The Morgan fingerprint density at radius 1 is 0.944 bits per heavy atom. The van der Waals surface area contributed by atoms with Crippen LogP contribution in [0.1, 0.15) is 10.6 Å². The number of allylic oxidation sites excluding steroid dienone is 3. The summed E-state index contributed by atoms with van der Waals surface area (Å²) < 4.78 is 9.09. The number of aromatic nitrogens is 1. The maximum absolute atomic E-state index is 13.1. The Hall–Kier alpha value is -4.20. The molecule has 178 valence electrons. The van der Waals surface area contributed by atoms with Crippen LogP contribution in [-0.2, 0) is 17.9 Å². The van der Waals surface area contributed by atoms with Crippen LogP contribution in [0, 0.1) is 0 Å². The van der Waals surface area contributed by atoms with Crippen molar-refractivity contribution in [1.29, 1.82) is 0 Å². The molecule has 1 aromatic heterocycles. The zero-order chi connectivity index (χ0) is 24.6. The molecule has 0 fully saturated rings. The van der Waals surface area contributed by atoms with Crippen LogP contribution < -0.4 is 14.2 Å². The largest absolute Gasteiger partial charge is 0.506 e. The van der Waals surface area contributed by atoms with E-state index in [1.807, 2.05) is 88.3 Å².